The number of hydrogen-bond donors (Lipinski definition) is 1. The molecule has 2 heteroatoms. The lowest BCUT2D eigenvalue weighted by molar-refractivity contribution is 0.380. The summed E-state index contributed by atoms with van der Waals surface area (Å²) < 4.78 is 0. The molecule has 0 saturated carbocycles. The lowest BCUT2D eigenvalue weighted by Crippen LogP contribution is -2.30. The third-order valence-corrected chi connectivity index (χ3v) is 2.32. The molecule has 1 N–H and O–H groups in total. The van der Waals surface area contributed by atoms with Gasteiger partial charge in [0.25, 0.3) is 0 Å². The van der Waals surface area contributed by atoms with Crippen LogP contribution < -0.4 is 5.32 Å². The van der Waals surface area contributed by atoms with Gasteiger partial charge in [-0.25, -0.2) is 0 Å². The van der Waals surface area contributed by atoms with Crippen molar-refractivity contribution in [2.24, 2.45) is 5.92 Å². The monoisotopic (exact) mass is 172 g/mol. The zero-order valence-corrected chi connectivity index (χ0v) is 9.06. The van der Waals surface area contributed by atoms with Crippen LogP contribution in [0.5, 0.6) is 0 Å². The fraction of sp³-hybridized carbons (Fsp3) is 1.00. The van der Waals surface area contributed by atoms with Gasteiger partial charge in [0.2, 0.25) is 0 Å². The maximum Gasteiger partial charge on any atom is 0.0101 e. The molecule has 12 heavy (non-hydrogen) atoms. The minimum atomic E-state index is 0.868. The zero-order chi connectivity index (χ0) is 9.40. The van der Waals surface area contributed by atoms with Gasteiger partial charge in [-0.3, -0.25) is 0 Å². The van der Waals surface area contributed by atoms with E-state index in [2.05, 4.69) is 38.2 Å². The molecule has 0 unspecified atom stereocenters. The largest absolute Gasteiger partial charge is 0.315 e. The number of likely N-dealkylation sites (N-methyl/N-ethyl adjacent to an activating group) is 1. The van der Waals surface area contributed by atoms with E-state index in [0.717, 1.165) is 19.0 Å². The minimum Gasteiger partial charge on any atom is -0.315 e. The van der Waals surface area contributed by atoms with Crippen LogP contribution in [0, 0.1) is 5.92 Å². The van der Waals surface area contributed by atoms with E-state index in [-0.39, 0.29) is 0 Å². The van der Waals surface area contributed by atoms with Gasteiger partial charge in [0, 0.05) is 13.1 Å². The van der Waals surface area contributed by atoms with Crippen molar-refractivity contribution in [1.29, 1.82) is 0 Å². The van der Waals surface area contributed by atoms with Crippen molar-refractivity contribution >= 4 is 0 Å². The van der Waals surface area contributed by atoms with Gasteiger partial charge in [0.15, 0.2) is 0 Å². The highest BCUT2D eigenvalue weighted by molar-refractivity contribution is 4.59. The van der Waals surface area contributed by atoms with E-state index in [9.17, 15) is 0 Å². The first-order valence-electron chi connectivity index (χ1n) is 5.06. The molecule has 0 bridgehead atoms. The number of nitrogens with one attached hydrogen (secondary N) is 1. The Morgan fingerprint density at radius 2 is 1.75 bits per heavy atom. The van der Waals surface area contributed by atoms with Crippen LogP contribution in [0.1, 0.15) is 26.7 Å². The quantitative estimate of drug-likeness (QED) is 0.586. The molecule has 0 spiro atoms. The Kier molecular flexibility index (Phi) is 7.51. The van der Waals surface area contributed by atoms with Crippen molar-refractivity contribution < 1.29 is 0 Å². The Morgan fingerprint density at radius 3 is 2.17 bits per heavy atom. The molecule has 2 nitrogen and oxygen atoms in total. The molecule has 0 aromatic heterocycles. The van der Waals surface area contributed by atoms with E-state index in [0.29, 0.717) is 0 Å². The van der Waals surface area contributed by atoms with E-state index in [4.69, 9.17) is 0 Å². The summed E-state index contributed by atoms with van der Waals surface area (Å²) in [7, 11) is 4.22. The van der Waals surface area contributed by atoms with Gasteiger partial charge in [-0.2, -0.15) is 0 Å². The Labute approximate surface area is 77.3 Å². The number of nitrogens with zero attached hydrogens (tertiary/aromatic N) is 1. The summed E-state index contributed by atoms with van der Waals surface area (Å²) >= 11 is 0. The number of hydrogen-bond acceptors (Lipinski definition) is 2. The van der Waals surface area contributed by atoms with Gasteiger partial charge < -0.3 is 10.2 Å². The fourth-order valence-corrected chi connectivity index (χ4v) is 1.19. The molecule has 0 rings (SSSR count). The first-order chi connectivity index (χ1) is 5.70. The van der Waals surface area contributed by atoms with Crippen molar-refractivity contribution in [3.8, 4) is 0 Å². The van der Waals surface area contributed by atoms with E-state index < -0.39 is 0 Å². The highest BCUT2D eigenvalue weighted by atomic mass is 15.1. The molecule has 0 aliphatic rings. The maximum atomic E-state index is 3.48. The molecule has 0 radical (unpaired) electrons. The van der Waals surface area contributed by atoms with Crippen LogP contribution in [0.3, 0.4) is 0 Å². The molecule has 0 atom stereocenters. The van der Waals surface area contributed by atoms with Crippen molar-refractivity contribution in [1.82, 2.24) is 10.2 Å². The first kappa shape index (κ1) is 11.9. The smallest absolute Gasteiger partial charge is 0.0101 e. The van der Waals surface area contributed by atoms with E-state index in [1.54, 1.807) is 0 Å². The standard InChI is InChI=1S/C10H24N2/c1-5-10(6-2)9-11-7-8-12(3)4/h10-11H,5-9H2,1-4H3. The van der Waals surface area contributed by atoms with Crippen molar-refractivity contribution in [3.05, 3.63) is 0 Å². The molecule has 74 valence electrons. The molecule has 0 aliphatic heterocycles. The predicted molar refractivity (Wildman–Crippen MR) is 55.5 cm³/mol. The zero-order valence-electron chi connectivity index (χ0n) is 9.06. The summed E-state index contributed by atoms with van der Waals surface area (Å²) in [5.74, 6) is 0.868. The van der Waals surface area contributed by atoms with Crippen LogP contribution >= 0.6 is 0 Å². The van der Waals surface area contributed by atoms with Gasteiger partial charge in [-0.1, -0.05) is 26.7 Å². The number of rotatable bonds is 7. The topological polar surface area (TPSA) is 15.3 Å². The molecular weight excluding hydrogens is 148 g/mol. The fourth-order valence-electron chi connectivity index (χ4n) is 1.19. The van der Waals surface area contributed by atoms with Crippen molar-refractivity contribution in [2.45, 2.75) is 26.7 Å². The first-order valence-corrected chi connectivity index (χ1v) is 5.06. The van der Waals surface area contributed by atoms with Gasteiger partial charge >= 0.3 is 0 Å². The van der Waals surface area contributed by atoms with E-state index in [1.165, 1.54) is 19.4 Å². The Morgan fingerprint density at radius 1 is 1.17 bits per heavy atom. The molecule has 0 fully saturated rings. The lowest BCUT2D eigenvalue weighted by Gasteiger charge is -2.15. The van der Waals surface area contributed by atoms with Crippen LogP contribution in [-0.2, 0) is 0 Å². The summed E-state index contributed by atoms with van der Waals surface area (Å²) in [6.07, 6.45) is 2.59. The molecule has 0 saturated heterocycles. The van der Waals surface area contributed by atoms with Gasteiger partial charge in [0.1, 0.15) is 0 Å². The van der Waals surface area contributed by atoms with Gasteiger partial charge in [-0.05, 0) is 26.6 Å². The Hall–Kier alpha value is -0.0800. The average molecular weight is 172 g/mol. The van der Waals surface area contributed by atoms with Gasteiger partial charge in [-0.15, -0.1) is 0 Å². The molecule has 0 heterocycles. The van der Waals surface area contributed by atoms with Crippen LogP contribution in [0.25, 0.3) is 0 Å². The highest BCUT2D eigenvalue weighted by Crippen LogP contribution is 2.04. The summed E-state index contributed by atoms with van der Waals surface area (Å²) in [5.41, 5.74) is 0. The van der Waals surface area contributed by atoms with Crippen LogP contribution in [0.15, 0.2) is 0 Å². The van der Waals surface area contributed by atoms with E-state index in [1.807, 2.05) is 0 Å². The molecule has 0 aromatic rings. The predicted octanol–water partition coefficient (Wildman–Crippen LogP) is 1.57. The van der Waals surface area contributed by atoms with E-state index >= 15 is 0 Å². The highest BCUT2D eigenvalue weighted by Gasteiger charge is 2.01. The van der Waals surface area contributed by atoms with Crippen molar-refractivity contribution in [2.75, 3.05) is 33.7 Å². The second-order valence-corrected chi connectivity index (χ2v) is 3.69. The second-order valence-electron chi connectivity index (χ2n) is 3.69. The molecule has 0 aromatic carbocycles. The minimum absolute atomic E-state index is 0.868. The Bertz CT molecular complexity index is 87.8. The normalized spacial score (nSPS) is 11.5. The summed E-state index contributed by atoms with van der Waals surface area (Å²) in [6, 6.07) is 0. The third kappa shape index (κ3) is 6.62. The summed E-state index contributed by atoms with van der Waals surface area (Å²) in [4.78, 5) is 2.21. The lowest BCUT2D eigenvalue weighted by atomic mass is 10.0. The molecule has 0 aliphatic carbocycles. The van der Waals surface area contributed by atoms with Crippen LogP contribution in [0.2, 0.25) is 0 Å². The SMILES string of the molecule is CCC(CC)CNCCN(C)C. The second kappa shape index (κ2) is 7.56. The maximum absolute atomic E-state index is 3.48. The van der Waals surface area contributed by atoms with Crippen LogP contribution in [0.4, 0.5) is 0 Å². The summed E-state index contributed by atoms with van der Waals surface area (Å²) in [6.45, 7) is 7.97. The average Bonchev–Trinajstić information content (AvgIpc) is 2.04. The Balaban J connectivity index is 3.17. The van der Waals surface area contributed by atoms with Crippen LogP contribution in [-0.4, -0.2) is 38.6 Å². The molecule has 0 amide bonds. The third-order valence-electron chi connectivity index (χ3n) is 2.32. The van der Waals surface area contributed by atoms with Gasteiger partial charge in [0.05, 0.1) is 0 Å². The molecular formula is C10H24N2. The van der Waals surface area contributed by atoms with Crippen molar-refractivity contribution in [3.63, 3.8) is 0 Å². The summed E-state index contributed by atoms with van der Waals surface area (Å²) in [5, 5.41) is 3.48.